The minimum absolute atomic E-state index is 0.0376. The molecule has 3 aromatic rings. The molecule has 0 aliphatic carbocycles. The Balaban J connectivity index is 1.73. The summed E-state index contributed by atoms with van der Waals surface area (Å²) in [5, 5.41) is 8.55. The van der Waals surface area contributed by atoms with Crippen molar-refractivity contribution in [1.82, 2.24) is 14.8 Å². The number of rotatable bonds is 3. The fourth-order valence-corrected chi connectivity index (χ4v) is 3.59. The summed E-state index contributed by atoms with van der Waals surface area (Å²) < 4.78 is 1.86. The summed E-state index contributed by atoms with van der Waals surface area (Å²) in [6.45, 7) is 2.16. The third kappa shape index (κ3) is 3.07. The Labute approximate surface area is 151 Å². The van der Waals surface area contributed by atoms with E-state index >= 15 is 0 Å². The van der Waals surface area contributed by atoms with Gasteiger partial charge in [0.25, 0.3) is 0 Å². The van der Waals surface area contributed by atoms with E-state index in [1.54, 1.807) is 0 Å². The monoisotopic (exact) mass is 353 g/mol. The van der Waals surface area contributed by atoms with Crippen molar-refractivity contribution in [2.24, 2.45) is 0 Å². The highest BCUT2D eigenvalue weighted by molar-refractivity contribution is 6.30. The molecule has 2 aromatic carbocycles. The number of nitrogen functional groups attached to an aromatic ring is 1. The van der Waals surface area contributed by atoms with Crippen LogP contribution in [0, 0.1) is 0 Å². The van der Waals surface area contributed by atoms with Crippen LogP contribution >= 0.6 is 11.6 Å². The first kappa shape index (κ1) is 16.0. The molecule has 5 nitrogen and oxygen atoms in total. The average molecular weight is 354 g/mol. The number of anilines is 2. The highest BCUT2D eigenvalue weighted by atomic mass is 35.5. The van der Waals surface area contributed by atoms with Gasteiger partial charge < -0.3 is 11.1 Å². The second-order valence-electron chi connectivity index (χ2n) is 6.34. The third-order valence-corrected chi connectivity index (χ3v) is 4.96. The van der Waals surface area contributed by atoms with E-state index in [9.17, 15) is 0 Å². The van der Waals surface area contributed by atoms with Crippen molar-refractivity contribution in [3.63, 3.8) is 0 Å². The highest BCUT2D eigenvalue weighted by Crippen LogP contribution is 2.38. The van der Waals surface area contributed by atoms with Crippen molar-refractivity contribution in [3.8, 4) is 0 Å². The van der Waals surface area contributed by atoms with Gasteiger partial charge in [0, 0.05) is 5.02 Å². The van der Waals surface area contributed by atoms with E-state index in [1.807, 2.05) is 22.9 Å². The van der Waals surface area contributed by atoms with Gasteiger partial charge in [-0.1, -0.05) is 54.9 Å². The van der Waals surface area contributed by atoms with E-state index in [2.05, 4.69) is 52.7 Å². The number of aromatic nitrogens is 3. The number of fused-ring (bicyclic) bond motifs is 1. The standard InChI is InChI=1S/C19H20ClN5/c1-2-12-6-8-13(9-7-12)16-11-17(14-4-3-5-15(20)10-14)25-19(22-16)23-18(21)24-25/h3-10,16-17H,2,11H2,1H3,(H3,21,22,23,24)/t16-,17+/m0/s1. The Morgan fingerprint density at radius 1 is 1.20 bits per heavy atom. The predicted octanol–water partition coefficient (Wildman–Crippen LogP) is 4.22. The average Bonchev–Trinajstić information content (AvgIpc) is 3.01. The summed E-state index contributed by atoms with van der Waals surface area (Å²) >= 11 is 6.20. The van der Waals surface area contributed by atoms with Crippen LogP contribution < -0.4 is 11.1 Å². The molecule has 2 heterocycles. The van der Waals surface area contributed by atoms with Crippen LogP contribution in [0.1, 0.15) is 42.1 Å². The fraction of sp³-hybridized carbons (Fsp3) is 0.263. The molecule has 1 aliphatic rings. The zero-order chi connectivity index (χ0) is 17.4. The molecule has 6 heteroatoms. The van der Waals surface area contributed by atoms with Gasteiger partial charge in [-0.15, -0.1) is 5.10 Å². The first-order valence-electron chi connectivity index (χ1n) is 8.47. The minimum atomic E-state index is 0.0376. The molecule has 0 amide bonds. The second kappa shape index (κ2) is 6.41. The molecular weight excluding hydrogens is 334 g/mol. The number of aryl methyl sites for hydroxylation is 1. The Bertz CT molecular complexity index is 887. The maximum atomic E-state index is 6.20. The lowest BCUT2D eigenvalue weighted by Crippen LogP contribution is -2.28. The van der Waals surface area contributed by atoms with Gasteiger partial charge >= 0.3 is 0 Å². The molecular formula is C19H20ClN5. The van der Waals surface area contributed by atoms with Crippen molar-refractivity contribution in [3.05, 3.63) is 70.2 Å². The second-order valence-corrected chi connectivity index (χ2v) is 6.77. The van der Waals surface area contributed by atoms with Gasteiger partial charge in [-0.25, -0.2) is 4.68 Å². The minimum Gasteiger partial charge on any atom is -0.366 e. The Kier molecular flexibility index (Phi) is 4.09. The first-order chi connectivity index (χ1) is 12.1. The quantitative estimate of drug-likeness (QED) is 0.739. The molecule has 2 atom stereocenters. The number of nitrogens with one attached hydrogen (secondary N) is 1. The molecule has 25 heavy (non-hydrogen) atoms. The Morgan fingerprint density at radius 3 is 2.72 bits per heavy atom. The summed E-state index contributed by atoms with van der Waals surface area (Å²) in [5.41, 5.74) is 9.51. The van der Waals surface area contributed by atoms with Gasteiger partial charge in [0.05, 0.1) is 12.1 Å². The van der Waals surface area contributed by atoms with Crippen LogP contribution in [0.25, 0.3) is 0 Å². The van der Waals surface area contributed by atoms with Crippen LogP contribution in [0.5, 0.6) is 0 Å². The van der Waals surface area contributed by atoms with Crippen LogP contribution in [0.15, 0.2) is 48.5 Å². The number of hydrogen-bond acceptors (Lipinski definition) is 4. The van der Waals surface area contributed by atoms with Crippen molar-refractivity contribution in [1.29, 1.82) is 0 Å². The predicted molar refractivity (Wildman–Crippen MR) is 101 cm³/mol. The number of nitrogens with two attached hydrogens (primary N) is 1. The largest absolute Gasteiger partial charge is 0.366 e. The van der Waals surface area contributed by atoms with Crippen molar-refractivity contribution >= 4 is 23.5 Å². The van der Waals surface area contributed by atoms with E-state index in [0.29, 0.717) is 5.95 Å². The van der Waals surface area contributed by atoms with Crippen LogP contribution in [0.3, 0.4) is 0 Å². The summed E-state index contributed by atoms with van der Waals surface area (Å²) in [6, 6.07) is 16.8. The number of nitrogens with zero attached hydrogens (tertiary/aromatic N) is 3. The molecule has 3 N–H and O–H groups in total. The topological polar surface area (TPSA) is 68.8 Å². The van der Waals surface area contributed by atoms with Gasteiger partial charge in [0.1, 0.15) is 0 Å². The van der Waals surface area contributed by atoms with Gasteiger partial charge in [0.2, 0.25) is 11.9 Å². The van der Waals surface area contributed by atoms with E-state index < -0.39 is 0 Å². The molecule has 0 saturated carbocycles. The molecule has 0 saturated heterocycles. The molecule has 0 bridgehead atoms. The highest BCUT2D eigenvalue weighted by Gasteiger charge is 2.30. The Hall–Kier alpha value is -2.53. The van der Waals surface area contributed by atoms with Crippen molar-refractivity contribution in [2.45, 2.75) is 31.8 Å². The summed E-state index contributed by atoms with van der Waals surface area (Å²) in [7, 11) is 0. The summed E-state index contributed by atoms with van der Waals surface area (Å²) in [5.74, 6) is 0.967. The smallest absolute Gasteiger partial charge is 0.241 e. The van der Waals surface area contributed by atoms with Crippen LogP contribution in [0.4, 0.5) is 11.9 Å². The van der Waals surface area contributed by atoms with Gasteiger partial charge in [0.15, 0.2) is 0 Å². The van der Waals surface area contributed by atoms with Gasteiger partial charge in [-0.05, 0) is 41.7 Å². The molecule has 0 fully saturated rings. The zero-order valence-electron chi connectivity index (χ0n) is 14.0. The SMILES string of the molecule is CCc1ccc([C@@H]2C[C@H](c3cccc(Cl)c3)n3nc(N)nc3N2)cc1. The lowest BCUT2D eigenvalue weighted by molar-refractivity contribution is 0.431. The summed E-state index contributed by atoms with van der Waals surface area (Å²) in [6.07, 6.45) is 1.88. The van der Waals surface area contributed by atoms with Crippen LogP contribution in [-0.4, -0.2) is 14.8 Å². The lowest BCUT2D eigenvalue weighted by Gasteiger charge is -2.31. The number of hydrogen-bond donors (Lipinski definition) is 2. The van der Waals surface area contributed by atoms with Gasteiger partial charge in [-0.2, -0.15) is 4.98 Å². The molecule has 1 aliphatic heterocycles. The normalized spacial score (nSPS) is 19.3. The molecule has 128 valence electrons. The maximum absolute atomic E-state index is 6.20. The number of benzene rings is 2. The maximum Gasteiger partial charge on any atom is 0.241 e. The van der Waals surface area contributed by atoms with E-state index in [1.165, 1.54) is 11.1 Å². The molecule has 0 radical (unpaired) electrons. The molecule has 0 unspecified atom stereocenters. The van der Waals surface area contributed by atoms with E-state index in [4.69, 9.17) is 17.3 Å². The van der Waals surface area contributed by atoms with Crippen LogP contribution in [0.2, 0.25) is 5.02 Å². The summed E-state index contributed by atoms with van der Waals surface area (Å²) in [4.78, 5) is 4.34. The molecule has 0 spiro atoms. The van der Waals surface area contributed by atoms with Crippen LogP contribution in [-0.2, 0) is 6.42 Å². The Morgan fingerprint density at radius 2 is 2.00 bits per heavy atom. The first-order valence-corrected chi connectivity index (χ1v) is 8.84. The zero-order valence-corrected chi connectivity index (χ0v) is 14.7. The van der Waals surface area contributed by atoms with Crippen molar-refractivity contribution in [2.75, 3.05) is 11.1 Å². The van der Waals surface area contributed by atoms with Gasteiger partial charge in [-0.3, -0.25) is 0 Å². The fourth-order valence-electron chi connectivity index (χ4n) is 3.39. The number of halogens is 1. The van der Waals surface area contributed by atoms with E-state index in [-0.39, 0.29) is 18.0 Å². The van der Waals surface area contributed by atoms with Crippen molar-refractivity contribution < 1.29 is 0 Å². The molecule has 4 rings (SSSR count). The third-order valence-electron chi connectivity index (χ3n) is 4.73. The molecule has 1 aromatic heterocycles. The van der Waals surface area contributed by atoms with E-state index in [0.717, 1.165) is 23.4 Å². The lowest BCUT2D eigenvalue weighted by atomic mass is 9.93.